The summed E-state index contributed by atoms with van der Waals surface area (Å²) in [6.45, 7) is 8.14. The Morgan fingerprint density at radius 3 is 2.45 bits per heavy atom. The third-order valence-corrected chi connectivity index (χ3v) is 4.85. The minimum absolute atomic E-state index is 0.154. The highest BCUT2D eigenvalue weighted by Gasteiger charge is 2.14. The number of rotatable bonds is 4. The Kier molecular flexibility index (Phi) is 5.60. The van der Waals surface area contributed by atoms with Gasteiger partial charge in [0.25, 0.3) is 5.91 Å². The van der Waals surface area contributed by atoms with Crippen LogP contribution in [0.2, 0.25) is 0 Å². The number of nitrogens with zero attached hydrogens (tertiary/aromatic N) is 3. The Bertz CT molecular complexity index is 1150. The molecular weight excluding hydrogens is 367 g/mol. The molecule has 2 aromatic carbocycles. The van der Waals surface area contributed by atoms with Crippen LogP contribution in [0.5, 0.6) is 0 Å². The number of carbonyl (C=O) groups excluding carboxylic acids is 1. The number of halogens is 1. The first-order chi connectivity index (χ1) is 13.8. The molecule has 0 radical (unpaired) electrons. The van der Waals surface area contributed by atoms with Crippen LogP contribution in [0.1, 0.15) is 44.0 Å². The summed E-state index contributed by atoms with van der Waals surface area (Å²) in [6, 6.07) is 13.7. The maximum atomic E-state index is 14.0. The smallest absolute Gasteiger partial charge is 0.274 e. The summed E-state index contributed by atoms with van der Waals surface area (Å²) in [6.07, 6.45) is 1.55. The SMILES string of the molecule is Cc1cccc(C)c1-n1c(C)cc(/C=N/NC(=O)c2ccc(C#N)cc2F)c1C. The number of hydrazone groups is 1. The molecule has 0 atom stereocenters. The standard InChI is InChI=1S/C23H21FN4O/c1-14-6-5-7-15(2)22(14)28-16(3)10-19(17(28)4)13-26-27-23(29)20-9-8-18(12-25)11-21(20)24/h5-11,13H,1-4H3,(H,27,29)/b26-13+. The highest BCUT2D eigenvalue weighted by atomic mass is 19.1. The first-order valence-corrected chi connectivity index (χ1v) is 9.12. The van der Waals surface area contributed by atoms with Crippen molar-refractivity contribution in [2.45, 2.75) is 27.7 Å². The molecule has 0 saturated heterocycles. The van der Waals surface area contributed by atoms with E-state index in [1.807, 2.05) is 32.0 Å². The lowest BCUT2D eigenvalue weighted by Crippen LogP contribution is -2.19. The predicted octanol–water partition coefficient (Wildman–Crippen LogP) is 4.49. The third-order valence-electron chi connectivity index (χ3n) is 4.85. The second kappa shape index (κ2) is 8.11. The molecule has 3 aromatic rings. The minimum Gasteiger partial charge on any atom is -0.317 e. The van der Waals surface area contributed by atoms with E-state index in [-0.39, 0.29) is 11.1 Å². The summed E-state index contributed by atoms with van der Waals surface area (Å²) in [5.74, 6) is -1.43. The number of hydrogen-bond donors (Lipinski definition) is 1. The van der Waals surface area contributed by atoms with Gasteiger partial charge in [0, 0.05) is 17.0 Å². The molecule has 0 spiro atoms. The Balaban J connectivity index is 1.84. The van der Waals surface area contributed by atoms with Gasteiger partial charge < -0.3 is 4.57 Å². The van der Waals surface area contributed by atoms with E-state index in [4.69, 9.17) is 5.26 Å². The number of amides is 1. The fraction of sp³-hybridized carbons (Fsp3) is 0.174. The number of aryl methyl sites for hydroxylation is 3. The number of carbonyl (C=O) groups is 1. The van der Waals surface area contributed by atoms with Crippen LogP contribution in [0.15, 0.2) is 47.6 Å². The van der Waals surface area contributed by atoms with Crippen LogP contribution < -0.4 is 5.43 Å². The summed E-state index contributed by atoms with van der Waals surface area (Å²) in [4.78, 5) is 12.2. The molecule has 0 aliphatic heterocycles. The number of benzene rings is 2. The number of nitrogens with one attached hydrogen (secondary N) is 1. The van der Waals surface area contributed by atoms with Gasteiger partial charge in [0.2, 0.25) is 0 Å². The Hall–Kier alpha value is -3.72. The lowest BCUT2D eigenvalue weighted by Gasteiger charge is -2.15. The van der Waals surface area contributed by atoms with E-state index in [2.05, 4.69) is 41.1 Å². The van der Waals surface area contributed by atoms with Crippen LogP contribution in [0.25, 0.3) is 5.69 Å². The van der Waals surface area contributed by atoms with Gasteiger partial charge in [-0.15, -0.1) is 0 Å². The zero-order valence-electron chi connectivity index (χ0n) is 16.7. The van der Waals surface area contributed by atoms with E-state index in [0.717, 1.165) is 28.7 Å². The first-order valence-electron chi connectivity index (χ1n) is 9.12. The van der Waals surface area contributed by atoms with Crippen molar-refractivity contribution < 1.29 is 9.18 Å². The van der Waals surface area contributed by atoms with Crippen LogP contribution in [0.4, 0.5) is 4.39 Å². The number of nitriles is 1. The zero-order chi connectivity index (χ0) is 21.1. The maximum Gasteiger partial charge on any atom is 0.274 e. The monoisotopic (exact) mass is 388 g/mol. The van der Waals surface area contributed by atoms with Gasteiger partial charge in [-0.2, -0.15) is 10.4 Å². The molecule has 0 bridgehead atoms. The molecule has 3 rings (SSSR count). The molecule has 0 unspecified atom stereocenters. The molecule has 1 amide bonds. The second-order valence-electron chi connectivity index (χ2n) is 6.91. The molecule has 1 N–H and O–H groups in total. The van der Waals surface area contributed by atoms with E-state index in [0.29, 0.717) is 0 Å². The van der Waals surface area contributed by atoms with Crippen molar-refractivity contribution in [3.05, 3.63) is 87.5 Å². The highest BCUT2D eigenvalue weighted by Crippen LogP contribution is 2.25. The average molecular weight is 388 g/mol. The quantitative estimate of drug-likeness (QED) is 0.529. The summed E-state index contributed by atoms with van der Waals surface area (Å²) >= 11 is 0. The van der Waals surface area contributed by atoms with Crippen LogP contribution >= 0.6 is 0 Å². The lowest BCUT2D eigenvalue weighted by molar-refractivity contribution is 0.0951. The topological polar surface area (TPSA) is 70.2 Å². The van der Waals surface area contributed by atoms with Crippen LogP contribution in [-0.2, 0) is 0 Å². The Labute approximate surface area is 169 Å². The van der Waals surface area contributed by atoms with Gasteiger partial charge in [-0.3, -0.25) is 4.79 Å². The Morgan fingerprint density at radius 2 is 1.83 bits per heavy atom. The fourth-order valence-corrected chi connectivity index (χ4v) is 3.41. The molecule has 6 heteroatoms. The summed E-state index contributed by atoms with van der Waals surface area (Å²) in [7, 11) is 0. The normalized spacial score (nSPS) is 10.9. The number of hydrogen-bond acceptors (Lipinski definition) is 3. The van der Waals surface area contributed by atoms with Gasteiger partial charge in [0.05, 0.1) is 29.1 Å². The van der Waals surface area contributed by atoms with E-state index >= 15 is 0 Å². The van der Waals surface area contributed by atoms with Crippen molar-refractivity contribution in [3.8, 4) is 11.8 Å². The molecule has 1 heterocycles. The Morgan fingerprint density at radius 1 is 1.14 bits per heavy atom. The van der Waals surface area contributed by atoms with Crippen molar-refractivity contribution in [2.24, 2.45) is 5.10 Å². The summed E-state index contributed by atoms with van der Waals surface area (Å²) < 4.78 is 16.1. The van der Waals surface area contributed by atoms with E-state index in [1.165, 1.54) is 23.3 Å². The van der Waals surface area contributed by atoms with E-state index < -0.39 is 11.7 Å². The number of para-hydroxylation sites is 1. The highest BCUT2D eigenvalue weighted by molar-refractivity contribution is 5.95. The minimum atomic E-state index is -0.759. The van der Waals surface area contributed by atoms with Gasteiger partial charge in [0.15, 0.2) is 0 Å². The predicted molar refractivity (Wildman–Crippen MR) is 111 cm³/mol. The van der Waals surface area contributed by atoms with Gasteiger partial charge in [-0.05, 0) is 63.1 Å². The van der Waals surface area contributed by atoms with Crippen molar-refractivity contribution in [1.29, 1.82) is 5.26 Å². The van der Waals surface area contributed by atoms with Gasteiger partial charge in [-0.25, -0.2) is 9.82 Å². The molecule has 0 aliphatic rings. The summed E-state index contributed by atoms with van der Waals surface area (Å²) in [5, 5.41) is 12.8. The molecule has 5 nitrogen and oxygen atoms in total. The molecule has 1 aromatic heterocycles. The van der Waals surface area contributed by atoms with Crippen LogP contribution in [-0.4, -0.2) is 16.7 Å². The van der Waals surface area contributed by atoms with Gasteiger partial charge in [0.1, 0.15) is 5.82 Å². The van der Waals surface area contributed by atoms with Crippen molar-refractivity contribution >= 4 is 12.1 Å². The lowest BCUT2D eigenvalue weighted by atomic mass is 10.1. The molecule has 0 saturated carbocycles. The number of aromatic nitrogens is 1. The molecule has 29 heavy (non-hydrogen) atoms. The van der Waals surface area contributed by atoms with Crippen LogP contribution in [0.3, 0.4) is 0 Å². The second-order valence-corrected chi connectivity index (χ2v) is 6.91. The van der Waals surface area contributed by atoms with Crippen LogP contribution in [0, 0.1) is 44.8 Å². The van der Waals surface area contributed by atoms with Crippen molar-refractivity contribution in [3.63, 3.8) is 0 Å². The fourth-order valence-electron chi connectivity index (χ4n) is 3.41. The molecule has 0 aliphatic carbocycles. The van der Waals surface area contributed by atoms with Crippen molar-refractivity contribution in [2.75, 3.05) is 0 Å². The first kappa shape index (κ1) is 20.0. The maximum absolute atomic E-state index is 14.0. The van der Waals surface area contributed by atoms with Gasteiger partial charge in [-0.1, -0.05) is 18.2 Å². The van der Waals surface area contributed by atoms with E-state index in [9.17, 15) is 9.18 Å². The van der Waals surface area contributed by atoms with Gasteiger partial charge >= 0.3 is 0 Å². The van der Waals surface area contributed by atoms with E-state index in [1.54, 1.807) is 6.21 Å². The average Bonchev–Trinajstić information content (AvgIpc) is 2.95. The summed E-state index contributed by atoms with van der Waals surface area (Å²) in [5.41, 5.74) is 8.68. The molecular formula is C23H21FN4O. The zero-order valence-corrected chi connectivity index (χ0v) is 16.7. The molecule has 146 valence electrons. The molecule has 0 fully saturated rings. The largest absolute Gasteiger partial charge is 0.317 e. The van der Waals surface area contributed by atoms with Crippen molar-refractivity contribution in [1.82, 2.24) is 9.99 Å². The third kappa shape index (κ3) is 3.94.